The summed E-state index contributed by atoms with van der Waals surface area (Å²) < 4.78 is 0. The van der Waals surface area contributed by atoms with Crippen LogP contribution in [0.4, 0.5) is 11.4 Å². The fourth-order valence-corrected chi connectivity index (χ4v) is 4.26. The molecule has 126 valence electrons. The van der Waals surface area contributed by atoms with Crippen molar-refractivity contribution in [2.75, 3.05) is 0 Å². The monoisotopic (exact) mass is 372 g/mol. The summed E-state index contributed by atoms with van der Waals surface area (Å²) >= 11 is 3.50. The van der Waals surface area contributed by atoms with Crippen molar-refractivity contribution in [2.24, 2.45) is 9.98 Å². The molecule has 0 unspecified atom stereocenters. The second-order valence-corrected chi connectivity index (χ2v) is 7.82. The molecule has 0 fully saturated rings. The van der Waals surface area contributed by atoms with Crippen LogP contribution in [0.5, 0.6) is 0 Å². The van der Waals surface area contributed by atoms with Gasteiger partial charge < -0.3 is 0 Å². The van der Waals surface area contributed by atoms with Crippen LogP contribution < -0.4 is 0 Å². The van der Waals surface area contributed by atoms with E-state index in [2.05, 4.69) is 34.3 Å². The first kappa shape index (κ1) is 16.6. The molecule has 0 bridgehead atoms. The number of hydrogen-bond donors (Lipinski definition) is 0. The molecule has 0 amide bonds. The predicted molar refractivity (Wildman–Crippen MR) is 115 cm³/mol. The molecule has 4 heteroatoms. The highest BCUT2D eigenvalue weighted by Crippen LogP contribution is 2.33. The highest BCUT2D eigenvalue weighted by Gasteiger charge is 2.05. The lowest BCUT2D eigenvalue weighted by atomic mass is 10.3. The second kappa shape index (κ2) is 8.04. The molecule has 2 aromatic carbocycles. The number of para-hydroxylation sites is 2. The van der Waals surface area contributed by atoms with E-state index in [1.165, 1.54) is 9.75 Å². The maximum Gasteiger partial charge on any atom is 0.0630 e. The first-order chi connectivity index (χ1) is 12.9. The topological polar surface area (TPSA) is 24.7 Å². The molecular weight excluding hydrogens is 356 g/mol. The lowest BCUT2D eigenvalue weighted by Gasteiger charge is -1.91. The summed E-state index contributed by atoms with van der Waals surface area (Å²) in [7, 11) is 0. The predicted octanol–water partition coefficient (Wildman–Crippen LogP) is 6.98. The average Bonchev–Trinajstić information content (AvgIpc) is 3.36. The van der Waals surface area contributed by atoms with Gasteiger partial charge in [0.2, 0.25) is 0 Å². The first-order valence-corrected chi connectivity index (χ1v) is 9.88. The molecule has 2 heterocycles. The SMILES string of the molecule is C(=N\c1ccccc1)/c1ccc(-c2ccc(/C=N/c3ccccc3)s2)s1. The lowest BCUT2D eigenvalue weighted by molar-refractivity contribution is 1.54. The Kier molecular flexibility index (Phi) is 5.14. The number of thiophene rings is 2. The average molecular weight is 373 g/mol. The van der Waals surface area contributed by atoms with Crippen LogP contribution in [0.15, 0.2) is 94.9 Å². The first-order valence-electron chi connectivity index (χ1n) is 8.25. The van der Waals surface area contributed by atoms with E-state index in [0.29, 0.717) is 0 Å². The molecule has 2 aromatic heterocycles. The molecule has 0 aliphatic carbocycles. The molecule has 2 nitrogen and oxygen atoms in total. The van der Waals surface area contributed by atoms with Crippen molar-refractivity contribution in [1.82, 2.24) is 0 Å². The molecule has 26 heavy (non-hydrogen) atoms. The molecule has 4 aromatic rings. The van der Waals surface area contributed by atoms with Crippen molar-refractivity contribution < 1.29 is 0 Å². The van der Waals surface area contributed by atoms with Crippen molar-refractivity contribution in [3.63, 3.8) is 0 Å². The Labute approximate surface area is 160 Å². The van der Waals surface area contributed by atoms with Crippen LogP contribution in [0.2, 0.25) is 0 Å². The van der Waals surface area contributed by atoms with E-state index in [4.69, 9.17) is 0 Å². The Bertz CT molecular complexity index is 942. The van der Waals surface area contributed by atoms with E-state index in [1.807, 2.05) is 73.1 Å². The third kappa shape index (κ3) is 4.23. The summed E-state index contributed by atoms with van der Waals surface area (Å²) in [5.74, 6) is 0. The van der Waals surface area contributed by atoms with Gasteiger partial charge in [-0.3, -0.25) is 9.98 Å². The molecule has 0 saturated heterocycles. The maximum atomic E-state index is 4.52. The van der Waals surface area contributed by atoms with E-state index in [9.17, 15) is 0 Å². The maximum absolute atomic E-state index is 4.52. The van der Waals surface area contributed by atoms with Crippen LogP contribution in [0.25, 0.3) is 9.75 Å². The van der Waals surface area contributed by atoms with Gasteiger partial charge in [0.05, 0.1) is 11.4 Å². The Hall–Kier alpha value is -2.82. The van der Waals surface area contributed by atoms with Crippen LogP contribution in [-0.4, -0.2) is 12.4 Å². The molecular formula is C22H16N2S2. The molecule has 4 rings (SSSR count). The largest absolute Gasteiger partial charge is 0.255 e. The molecule has 0 spiro atoms. The number of benzene rings is 2. The van der Waals surface area contributed by atoms with E-state index >= 15 is 0 Å². The Balaban J connectivity index is 1.47. The third-order valence-electron chi connectivity index (χ3n) is 3.69. The summed E-state index contributed by atoms with van der Waals surface area (Å²) in [5, 5.41) is 0. The summed E-state index contributed by atoms with van der Waals surface area (Å²) in [6.07, 6.45) is 3.85. The number of nitrogens with zero attached hydrogens (tertiary/aromatic N) is 2. The summed E-state index contributed by atoms with van der Waals surface area (Å²) in [4.78, 5) is 13.8. The van der Waals surface area contributed by atoms with Gasteiger partial charge in [-0.05, 0) is 48.5 Å². The number of hydrogen-bond acceptors (Lipinski definition) is 4. The molecule has 0 aliphatic rings. The molecule has 0 N–H and O–H groups in total. The smallest absolute Gasteiger partial charge is 0.0630 e. The van der Waals surface area contributed by atoms with Gasteiger partial charge >= 0.3 is 0 Å². The van der Waals surface area contributed by atoms with Crippen LogP contribution in [0.3, 0.4) is 0 Å². The molecule has 0 aliphatic heterocycles. The van der Waals surface area contributed by atoms with Gasteiger partial charge in [0.15, 0.2) is 0 Å². The fraction of sp³-hybridized carbons (Fsp3) is 0. The standard InChI is InChI=1S/C22H16N2S2/c1-3-7-17(8-4-1)23-15-19-11-13-21(25-19)22-14-12-20(26-22)16-24-18-9-5-2-6-10-18/h1-16H/b23-15+,24-16+. The van der Waals surface area contributed by atoms with Crippen molar-refractivity contribution in [2.45, 2.75) is 0 Å². The normalized spacial score (nSPS) is 11.5. The third-order valence-corrected chi connectivity index (χ3v) is 5.93. The Morgan fingerprint density at radius 3 is 1.35 bits per heavy atom. The quantitative estimate of drug-likeness (QED) is 0.338. The van der Waals surface area contributed by atoms with Crippen LogP contribution >= 0.6 is 22.7 Å². The summed E-state index contributed by atoms with van der Waals surface area (Å²) in [5.41, 5.74) is 1.94. The van der Waals surface area contributed by atoms with Crippen molar-refractivity contribution in [1.29, 1.82) is 0 Å². The van der Waals surface area contributed by atoms with Crippen LogP contribution in [0.1, 0.15) is 9.75 Å². The Morgan fingerprint density at radius 1 is 0.500 bits per heavy atom. The Morgan fingerprint density at radius 2 is 0.923 bits per heavy atom. The van der Waals surface area contributed by atoms with E-state index in [-0.39, 0.29) is 0 Å². The minimum Gasteiger partial charge on any atom is -0.255 e. The molecule has 0 radical (unpaired) electrons. The fourth-order valence-electron chi connectivity index (χ4n) is 2.41. The second-order valence-electron chi connectivity index (χ2n) is 5.59. The zero-order valence-corrected chi connectivity index (χ0v) is 15.6. The number of rotatable bonds is 5. The van der Waals surface area contributed by atoms with Crippen LogP contribution in [0, 0.1) is 0 Å². The van der Waals surface area contributed by atoms with Gasteiger partial charge in [-0.25, -0.2) is 0 Å². The highest BCUT2D eigenvalue weighted by atomic mass is 32.1. The summed E-state index contributed by atoms with van der Waals surface area (Å²) in [6, 6.07) is 28.5. The van der Waals surface area contributed by atoms with E-state index < -0.39 is 0 Å². The van der Waals surface area contributed by atoms with E-state index in [0.717, 1.165) is 21.1 Å². The van der Waals surface area contributed by atoms with Gasteiger partial charge in [-0.15, -0.1) is 22.7 Å². The minimum atomic E-state index is 0.970. The zero-order valence-electron chi connectivity index (χ0n) is 13.9. The highest BCUT2D eigenvalue weighted by molar-refractivity contribution is 7.23. The van der Waals surface area contributed by atoms with Gasteiger partial charge in [0.25, 0.3) is 0 Å². The summed E-state index contributed by atoms with van der Waals surface area (Å²) in [6.45, 7) is 0. The van der Waals surface area contributed by atoms with Crippen molar-refractivity contribution in [3.05, 3.63) is 94.7 Å². The van der Waals surface area contributed by atoms with Crippen molar-refractivity contribution in [3.8, 4) is 9.75 Å². The van der Waals surface area contributed by atoms with Gasteiger partial charge in [0.1, 0.15) is 0 Å². The van der Waals surface area contributed by atoms with Gasteiger partial charge in [-0.2, -0.15) is 0 Å². The van der Waals surface area contributed by atoms with Gasteiger partial charge in [0, 0.05) is 31.9 Å². The molecule has 0 saturated carbocycles. The zero-order chi connectivity index (χ0) is 17.6. The van der Waals surface area contributed by atoms with Crippen molar-refractivity contribution >= 4 is 46.5 Å². The van der Waals surface area contributed by atoms with Crippen LogP contribution in [-0.2, 0) is 0 Å². The molecule has 0 atom stereocenters. The lowest BCUT2D eigenvalue weighted by Crippen LogP contribution is -1.70. The number of aliphatic imine (C=N–C) groups is 2. The minimum absolute atomic E-state index is 0.970. The van der Waals surface area contributed by atoms with E-state index in [1.54, 1.807) is 22.7 Å². The van der Waals surface area contributed by atoms with Gasteiger partial charge in [-0.1, -0.05) is 36.4 Å².